The standard InChI is InChI=1S/C19H22N2/c1-3-5-17-8-12-19(13-9-17)15-21-20-14-18-10-6-16(4-2)7-11-18/h6-15H,3-5H2,1-2H3/b20-14+,21-15+. The summed E-state index contributed by atoms with van der Waals surface area (Å²) in [5, 5.41) is 8.20. The van der Waals surface area contributed by atoms with Crippen LogP contribution in [-0.4, -0.2) is 12.4 Å². The normalized spacial score (nSPS) is 11.5. The lowest BCUT2D eigenvalue weighted by Crippen LogP contribution is -1.85. The molecule has 0 heterocycles. The largest absolute Gasteiger partial charge is 0.159 e. The van der Waals surface area contributed by atoms with Gasteiger partial charge in [-0.2, -0.15) is 10.2 Å². The van der Waals surface area contributed by atoms with E-state index in [4.69, 9.17) is 0 Å². The Kier molecular flexibility index (Phi) is 5.89. The number of hydrogen-bond donors (Lipinski definition) is 0. The van der Waals surface area contributed by atoms with Crippen LogP contribution in [0.1, 0.15) is 42.5 Å². The van der Waals surface area contributed by atoms with Gasteiger partial charge in [-0.3, -0.25) is 0 Å². The molecule has 2 heteroatoms. The first-order chi connectivity index (χ1) is 10.3. The van der Waals surface area contributed by atoms with Crippen molar-refractivity contribution < 1.29 is 0 Å². The smallest absolute Gasteiger partial charge is 0.0568 e. The third kappa shape index (κ3) is 4.99. The summed E-state index contributed by atoms with van der Waals surface area (Å²) in [6.45, 7) is 4.34. The second-order valence-electron chi connectivity index (χ2n) is 5.08. The van der Waals surface area contributed by atoms with Gasteiger partial charge in [0.15, 0.2) is 0 Å². The highest BCUT2D eigenvalue weighted by atomic mass is 15.2. The maximum absolute atomic E-state index is 4.10. The van der Waals surface area contributed by atoms with Crippen LogP contribution in [0.4, 0.5) is 0 Å². The molecule has 0 radical (unpaired) electrons. The summed E-state index contributed by atoms with van der Waals surface area (Å²) in [5.74, 6) is 0. The topological polar surface area (TPSA) is 24.7 Å². The fraction of sp³-hybridized carbons (Fsp3) is 0.263. The van der Waals surface area contributed by atoms with E-state index in [1.807, 2.05) is 0 Å². The van der Waals surface area contributed by atoms with E-state index in [1.165, 1.54) is 17.5 Å². The fourth-order valence-corrected chi connectivity index (χ4v) is 2.10. The molecular weight excluding hydrogens is 256 g/mol. The molecule has 108 valence electrons. The lowest BCUT2D eigenvalue weighted by Gasteiger charge is -1.98. The summed E-state index contributed by atoms with van der Waals surface area (Å²) in [4.78, 5) is 0. The molecule has 0 aliphatic rings. The van der Waals surface area contributed by atoms with Gasteiger partial charge in [-0.1, -0.05) is 68.8 Å². The summed E-state index contributed by atoms with van der Waals surface area (Å²) in [5.41, 5.74) is 4.85. The molecule has 0 amide bonds. The average Bonchev–Trinajstić information content (AvgIpc) is 2.54. The Morgan fingerprint density at radius 3 is 1.62 bits per heavy atom. The Hall–Kier alpha value is -2.22. The Morgan fingerprint density at radius 1 is 0.714 bits per heavy atom. The Balaban J connectivity index is 1.92. The van der Waals surface area contributed by atoms with Crippen LogP contribution in [0.25, 0.3) is 0 Å². The molecule has 2 rings (SSSR count). The third-order valence-corrected chi connectivity index (χ3v) is 3.39. The van der Waals surface area contributed by atoms with E-state index in [2.05, 4.69) is 72.6 Å². The van der Waals surface area contributed by atoms with Crippen molar-refractivity contribution in [2.75, 3.05) is 0 Å². The zero-order chi connectivity index (χ0) is 14.9. The maximum atomic E-state index is 4.10. The minimum absolute atomic E-state index is 1.06. The average molecular weight is 278 g/mol. The van der Waals surface area contributed by atoms with E-state index < -0.39 is 0 Å². The van der Waals surface area contributed by atoms with E-state index >= 15 is 0 Å². The van der Waals surface area contributed by atoms with Crippen LogP contribution in [-0.2, 0) is 12.8 Å². The van der Waals surface area contributed by atoms with Crippen molar-refractivity contribution in [1.29, 1.82) is 0 Å². The zero-order valence-corrected chi connectivity index (χ0v) is 12.8. The second kappa shape index (κ2) is 8.15. The van der Waals surface area contributed by atoms with Crippen molar-refractivity contribution >= 4 is 12.4 Å². The zero-order valence-electron chi connectivity index (χ0n) is 12.8. The van der Waals surface area contributed by atoms with Gasteiger partial charge >= 0.3 is 0 Å². The molecule has 0 unspecified atom stereocenters. The van der Waals surface area contributed by atoms with Crippen molar-refractivity contribution in [3.8, 4) is 0 Å². The Morgan fingerprint density at radius 2 is 1.19 bits per heavy atom. The van der Waals surface area contributed by atoms with E-state index in [1.54, 1.807) is 12.4 Å². The van der Waals surface area contributed by atoms with Crippen LogP contribution in [0.2, 0.25) is 0 Å². The van der Waals surface area contributed by atoms with Gasteiger partial charge in [-0.15, -0.1) is 0 Å². The van der Waals surface area contributed by atoms with Crippen LogP contribution >= 0.6 is 0 Å². The number of nitrogens with zero attached hydrogens (tertiary/aromatic N) is 2. The molecular formula is C19H22N2. The number of rotatable bonds is 6. The minimum Gasteiger partial charge on any atom is -0.159 e. The van der Waals surface area contributed by atoms with Crippen molar-refractivity contribution in [3.05, 3.63) is 70.8 Å². The molecule has 0 aromatic heterocycles. The molecule has 0 N–H and O–H groups in total. The molecule has 0 aliphatic heterocycles. The van der Waals surface area contributed by atoms with Crippen molar-refractivity contribution in [2.45, 2.75) is 33.1 Å². The van der Waals surface area contributed by atoms with Gasteiger partial charge in [-0.25, -0.2) is 0 Å². The van der Waals surface area contributed by atoms with Crippen LogP contribution in [0.3, 0.4) is 0 Å². The first kappa shape index (κ1) is 15.2. The third-order valence-electron chi connectivity index (χ3n) is 3.39. The SMILES string of the molecule is CCCc1ccc(/C=N/N=C/c2ccc(CC)cc2)cc1. The van der Waals surface area contributed by atoms with Gasteiger partial charge in [0, 0.05) is 0 Å². The quantitative estimate of drug-likeness (QED) is 0.542. The summed E-state index contributed by atoms with van der Waals surface area (Å²) in [6, 6.07) is 16.8. The summed E-state index contributed by atoms with van der Waals surface area (Å²) in [6.07, 6.45) is 6.93. The lowest BCUT2D eigenvalue weighted by molar-refractivity contribution is 0.922. The highest BCUT2D eigenvalue weighted by Gasteiger charge is 1.91. The number of benzene rings is 2. The molecule has 0 aliphatic carbocycles. The predicted molar refractivity (Wildman–Crippen MR) is 91.4 cm³/mol. The fourth-order valence-electron chi connectivity index (χ4n) is 2.10. The van der Waals surface area contributed by atoms with E-state index in [0.717, 1.165) is 24.0 Å². The van der Waals surface area contributed by atoms with Crippen LogP contribution in [0.5, 0.6) is 0 Å². The monoisotopic (exact) mass is 278 g/mol. The van der Waals surface area contributed by atoms with Gasteiger partial charge in [0.25, 0.3) is 0 Å². The molecule has 0 fully saturated rings. The predicted octanol–water partition coefficient (Wildman–Crippen LogP) is 4.65. The number of aryl methyl sites for hydroxylation is 2. The van der Waals surface area contributed by atoms with E-state index in [-0.39, 0.29) is 0 Å². The summed E-state index contributed by atoms with van der Waals surface area (Å²) >= 11 is 0. The maximum Gasteiger partial charge on any atom is 0.0568 e. The van der Waals surface area contributed by atoms with Gasteiger partial charge in [0.1, 0.15) is 0 Å². The first-order valence-electron chi connectivity index (χ1n) is 7.56. The molecule has 0 saturated carbocycles. The lowest BCUT2D eigenvalue weighted by atomic mass is 10.1. The molecule has 0 atom stereocenters. The van der Waals surface area contributed by atoms with Crippen LogP contribution < -0.4 is 0 Å². The molecule has 21 heavy (non-hydrogen) atoms. The van der Waals surface area contributed by atoms with Gasteiger partial charge in [0.2, 0.25) is 0 Å². The van der Waals surface area contributed by atoms with Crippen molar-refractivity contribution in [2.24, 2.45) is 10.2 Å². The van der Waals surface area contributed by atoms with Crippen LogP contribution in [0, 0.1) is 0 Å². The minimum atomic E-state index is 1.06. The highest BCUT2D eigenvalue weighted by Crippen LogP contribution is 2.05. The van der Waals surface area contributed by atoms with Gasteiger partial charge in [0.05, 0.1) is 12.4 Å². The first-order valence-corrected chi connectivity index (χ1v) is 7.56. The second-order valence-corrected chi connectivity index (χ2v) is 5.08. The van der Waals surface area contributed by atoms with E-state index in [0.29, 0.717) is 0 Å². The highest BCUT2D eigenvalue weighted by molar-refractivity contribution is 5.82. The van der Waals surface area contributed by atoms with Crippen LogP contribution in [0.15, 0.2) is 58.7 Å². The molecule has 0 bridgehead atoms. The molecule has 2 aromatic rings. The Labute approximate surface area is 127 Å². The van der Waals surface area contributed by atoms with Crippen molar-refractivity contribution in [1.82, 2.24) is 0 Å². The molecule has 0 saturated heterocycles. The van der Waals surface area contributed by atoms with E-state index in [9.17, 15) is 0 Å². The number of hydrogen-bond acceptors (Lipinski definition) is 2. The Bertz CT molecular complexity index is 592. The van der Waals surface area contributed by atoms with Gasteiger partial charge in [-0.05, 0) is 35.1 Å². The molecule has 2 nitrogen and oxygen atoms in total. The summed E-state index contributed by atoms with van der Waals surface area (Å²) in [7, 11) is 0. The molecule has 2 aromatic carbocycles. The van der Waals surface area contributed by atoms with Crippen molar-refractivity contribution in [3.63, 3.8) is 0 Å². The summed E-state index contributed by atoms with van der Waals surface area (Å²) < 4.78 is 0. The van der Waals surface area contributed by atoms with Gasteiger partial charge < -0.3 is 0 Å². The molecule has 0 spiro atoms.